The van der Waals surface area contributed by atoms with E-state index in [9.17, 15) is 4.79 Å². The third-order valence-corrected chi connectivity index (χ3v) is 2.41. The highest BCUT2D eigenvalue weighted by molar-refractivity contribution is 5.38. The molecule has 0 aliphatic carbocycles. The Morgan fingerprint density at radius 1 is 1.38 bits per heavy atom. The lowest BCUT2D eigenvalue weighted by molar-refractivity contribution is 0.819. The molecule has 1 N–H and O–H groups in total. The van der Waals surface area contributed by atoms with E-state index in [1.54, 1.807) is 30.3 Å². The molecule has 0 saturated heterocycles. The van der Waals surface area contributed by atoms with Crippen molar-refractivity contribution >= 4 is 0 Å². The quantitative estimate of drug-likeness (QED) is 0.823. The molecule has 1 heterocycles. The summed E-state index contributed by atoms with van der Waals surface area (Å²) >= 11 is 0. The van der Waals surface area contributed by atoms with E-state index in [2.05, 4.69) is 5.10 Å². The van der Waals surface area contributed by atoms with Crippen molar-refractivity contribution in [2.24, 2.45) is 0 Å². The highest BCUT2D eigenvalue weighted by atomic mass is 16.1. The molecule has 2 aromatic rings. The summed E-state index contributed by atoms with van der Waals surface area (Å²) in [6, 6.07) is 10.5. The number of aromatic amines is 1. The summed E-state index contributed by atoms with van der Waals surface area (Å²) < 4.78 is 1.47. The second-order valence-corrected chi connectivity index (χ2v) is 3.47. The minimum absolute atomic E-state index is 0.0819. The number of nitrogens with one attached hydrogen (secondary N) is 1. The Balaban J connectivity index is 2.47. The highest BCUT2D eigenvalue weighted by Crippen LogP contribution is 2.06. The van der Waals surface area contributed by atoms with Gasteiger partial charge < -0.3 is 0 Å². The molecule has 0 amide bonds. The van der Waals surface area contributed by atoms with Gasteiger partial charge in [0.15, 0.2) is 0 Å². The largest absolute Gasteiger partial charge is 0.295 e. The Morgan fingerprint density at radius 3 is 2.56 bits per heavy atom. The van der Waals surface area contributed by atoms with Crippen LogP contribution in [-0.4, -0.2) is 9.78 Å². The normalized spacial score (nSPS) is 10.0. The lowest BCUT2D eigenvalue weighted by atomic mass is 10.2. The minimum Gasteiger partial charge on any atom is -0.295 e. The summed E-state index contributed by atoms with van der Waals surface area (Å²) in [5, 5.41) is 11.7. The number of nitriles is 1. The third-order valence-electron chi connectivity index (χ3n) is 2.41. The number of hydrogen-bond donors (Lipinski definition) is 1. The summed E-state index contributed by atoms with van der Waals surface area (Å²) in [7, 11) is 0. The number of rotatable bonds is 2. The molecule has 0 spiro atoms. The van der Waals surface area contributed by atoms with Gasteiger partial charge >= 0.3 is 0 Å². The molecule has 4 heteroatoms. The SMILES string of the molecule is CCc1cc(=O)n(-c2ccc(C#N)cc2)[nH]1. The van der Waals surface area contributed by atoms with Crippen molar-refractivity contribution in [3.8, 4) is 11.8 Å². The fraction of sp³-hybridized carbons (Fsp3) is 0.167. The van der Waals surface area contributed by atoms with Crippen molar-refractivity contribution in [3.05, 3.63) is 51.9 Å². The minimum atomic E-state index is -0.0819. The molecule has 0 atom stereocenters. The lowest BCUT2D eigenvalue weighted by Crippen LogP contribution is -2.13. The molecule has 1 aromatic heterocycles. The van der Waals surface area contributed by atoms with Crippen LogP contribution < -0.4 is 5.56 Å². The highest BCUT2D eigenvalue weighted by Gasteiger charge is 2.03. The zero-order chi connectivity index (χ0) is 11.5. The predicted octanol–water partition coefficient (Wildman–Crippen LogP) is 1.60. The van der Waals surface area contributed by atoms with Crippen molar-refractivity contribution in [2.45, 2.75) is 13.3 Å². The van der Waals surface area contributed by atoms with Gasteiger partial charge in [-0.05, 0) is 30.7 Å². The van der Waals surface area contributed by atoms with Crippen molar-refractivity contribution in [2.75, 3.05) is 0 Å². The van der Waals surface area contributed by atoms with Gasteiger partial charge in [-0.1, -0.05) is 6.92 Å². The Kier molecular flexibility index (Phi) is 2.61. The number of aromatic nitrogens is 2. The Morgan fingerprint density at radius 2 is 2.06 bits per heavy atom. The average Bonchev–Trinajstić information content (AvgIpc) is 2.71. The Labute approximate surface area is 92.7 Å². The maximum absolute atomic E-state index is 11.6. The van der Waals surface area contributed by atoms with Gasteiger partial charge in [-0.15, -0.1) is 0 Å². The van der Waals surface area contributed by atoms with Gasteiger partial charge in [0, 0.05) is 11.8 Å². The molecule has 2 rings (SSSR count). The molecule has 4 nitrogen and oxygen atoms in total. The number of benzene rings is 1. The van der Waals surface area contributed by atoms with Crippen LogP contribution in [0.2, 0.25) is 0 Å². The summed E-state index contributed by atoms with van der Waals surface area (Å²) in [4.78, 5) is 11.6. The van der Waals surface area contributed by atoms with Gasteiger partial charge in [0.1, 0.15) is 0 Å². The molecule has 1 aromatic carbocycles. The summed E-state index contributed by atoms with van der Waals surface area (Å²) in [5.74, 6) is 0. The van der Waals surface area contributed by atoms with E-state index in [-0.39, 0.29) is 5.56 Å². The van der Waals surface area contributed by atoms with E-state index < -0.39 is 0 Å². The average molecular weight is 213 g/mol. The van der Waals surface area contributed by atoms with Crippen LogP contribution in [0.15, 0.2) is 35.1 Å². The van der Waals surface area contributed by atoms with Gasteiger partial charge in [0.2, 0.25) is 0 Å². The number of nitrogens with zero attached hydrogens (tertiary/aromatic N) is 2. The van der Waals surface area contributed by atoms with Crippen LogP contribution >= 0.6 is 0 Å². The van der Waals surface area contributed by atoms with E-state index in [0.29, 0.717) is 5.56 Å². The summed E-state index contributed by atoms with van der Waals surface area (Å²) in [5.41, 5.74) is 2.14. The molecule has 0 bridgehead atoms. The van der Waals surface area contributed by atoms with Crippen molar-refractivity contribution in [1.82, 2.24) is 9.78 Å². The van der Waals surface area contributed by atoms with Gasteiger partial charge in [0.05, 0.1) is 17.3 Å². The standard InChI is InChI=1S/C12H11N3O/c1-2-10-7-12(16)15(14-10)11-5-3-9(8-13)4-6-11/h3-7,14H,2H2,1H3. The van der Waals surface area contributed by atoms with Crippen LogP contribution in [0.4, 0.5) is 0 Å². The maximum atomic E-state index is 11.6. The molecular weight excluding hydrogens is 202 g/mol. The van der Waals surface area contributed by atoms with Crippen molar-refractivity contribution < 1.29 is 0 Å². The Bertz CT molecular complexity index is 584. The van der Waals surface area contributed by atoms with Crippen LogP contribution in [0, 0.1) is 11.3 Å². The molecule has 0 fully saturated rings. The first kappa shape index (κ1) is 10.2. The number of aryl methyl sites for hydroxylation is 1. The second kappa shape index (κ2) is 4.07. The third kappa shape index (κ3) is 1.75. The number of hydrogen-bond acceptors (Lipinski definition) is 2. The van der Waals surface area contributed by atoms with Gasteiger partial charge in [-0.3, -0.25) is 9.89 Å². The molecule has 0 saturated carbocycles. The van der Waals surface area contributed by atoms with Gasteiger partial charge in [-0.2, -0.15) is 5.26 Å². The molecule has 0 aliphatic heterocycles. The van der Waals surface area contributed by atoms with E-state index in [1.165, 1.54) is 4.68 Å². The zero-order valence-corrected chi connectivity index (χ0v) is 8.90. The molecular formula is C12H11N3O. The van der Waals surface area contributed by atoms with Gasteiger partial charge in [0.25, 0.3) is 5.56 Å². The monoisotopic (exact) mass is 213 g/mol. The summed E-state index contributed by atoms with van der Waals surface area (Å²) in [6.07, 6.45) is 0.790. The maximum Gasteiger partial charge on any atom is 0.271 e. The van der Waals surface area contributed by atoms with Gasteiger partial charge in [-0.25, -0.2) is 4.68 Å². The first-order chi connectivity index (χ1) is 7.74. The van der Waals surface area contributed by atoms with E-state index in [0.717, 1.165) is 17.8 Å². The predicted molar refractivity (Wildman–Crippen MR) is 60.5 cm³/mol. The molecule has 0 aliphatic rings. The lowest BCUT2D eigenvalue weighted by Gasteiger charge is -2.01. The van der Waals surface area contributed by atoms with E-state index in [4.69, 9.17) is 5.26 Å². The Hall–Kier alpha value is -2.28. The number of H-pyrrole nitrogens is 1. The second-order valence-electron chi connectivity index (χ2n) is 3.47. The fourth-order valence-electron chi connectivity index (χ4n) is 1.50. The summed E-state index contributed by atoms with van der Waals surface area (Å²) in [6.45, 7) is 1.98. The first-order valence-corrected chi connectivity index (χ1v) is 5.06. The van der Waals surface area contributed by atoms with E-state index >= 15 is 0 Å². The smallest absolute Gasteiger partial charge is 0.271 e. The van der Waals surface area contributed by atoms with Crippen LogP contribution in [0.3, 0.4) is 0 Å². The molecule has 80 valence electrons. The topological polar surface area (TPSA) is 61.6 Å². The fourth-order valence-corrected chi connectivity index (χ4v) is 1.50. The zero-order valence-electron chi connectivity index (χ0n) is 8.90. The van der Waals surface area contributed by atoms with Crippen molar-refractivity contribution in [1.29, 1.82) is 5.26 Å². The molecule has 16 heavy (non-hydrogen) atoms. The van der Waals surface area contributed by atoms with Crippen molar-refractivity contribution in [3.63, 3.8) is 0 Å². The first-order valence-electron chi connectivity index (χ1n) is 5.06. The van der Waals surface area contributed by atoms with Crippen LogP contribution in [-0.2, 0) is 6.42 Å². The molecule has 0 unspecified atom stereocenters. The van der Waals surface area contributed by atoms with Crippen LogP contribution in [0.25, 0.3) is 5.69 Å². The van der Waals surface area contributed by atoms with Crippen LogP contribution in [0.1, 0.15) is 18.2 Å². The van der Waals surface area contributed by atoms with Crippen LogP contribution in [0.5, 0.6) is 0 Å². The molecule has 0 radical (unpaired) electrons. The van der Waals surface area contributed by atoms with E-state index in [1.807, 2.05) is 13.0 Å².